The van der Waals surface area contributed by atoms with E-state index < -0.39 is 0 Å². The van der Waals surface area contributed by atoms with Crippen molar-refractivity contribution in [1.82, 2.24) is 4.98 Å². The van der Waals surface area contributed by atoms with Crippen LogP contribution in [0.25, 0.3) is 10.9 Å². The number of hydrogen-bond acceptors (Lipinski definition) is 2. The van der Waals surface area contributed by atoms with Gasteiger partial charge in [-0.1, -0.05) is 18.2 Å². The Kier molecular flexibility index (Phi) is 1.88. The molecule has 0 fully saturated rings. The van der Waals surface area contributed by atoms with E-state index in [1.807, 2.05) is 6.07 Å². The van der Waals surface area contributed by atoms with E-state index in [2.05, 4.69) is 41.5 Å². The largest absolute Gasteiger partial charge is 0.367 e. The van der Waals surface area contributed by atoms with E-state index in [1.165, 1.54) is 17.4 Å². The highest BCUT2D eigenvalue weighted by atomic mass is 15.0. The van der Waals surface area contributed by atoms with Crippen LogP contribution in [-0.2, 0) is 6.42 Å². The van der Waals surface area contributed by atoms with Gasteiger partial charge in [0.2, 0.25) is 0 Å². The number of nitrogens with zero attached hydrogens (tertiary/aromatic N) is 1. The average molecular weight is 198 g/mol. The van der Waals surface area contributed by atoms with Crippen molar-refractivity contribution in [2.45, 2.75) is 25.8 Å². The predicted molar refractivity (Wildman–Crippen MR) is 63.1 cm³/mol. The van der Waals surface area contributed by atoms with Gasteiger partial charge in [0.1, 0.15) is 5.82 Å². The van der Waals surface area contributed by atoms with Crippen molar-refractivity contribution < 1.29 is 0 Å². The first-order chi connectivity index (χ1) is 7.33. The summed E-state index contributed by atoms with van der Waals surface area (Å²) in [6.45, 7) is 2.21. The maximum atomic E-state index is 4.66. The van der Waals surface area contributed by atoms with Crippen molar-refractivity contribution in [3.8, 4) is 0 Å². The zero-order valence-corrected chi connectivity index (χ0v) is 8.83. The number of anilines is 1. The molecule has 1 aromatic heterocycles. The van der Waals surface area contributed by atoms with Crippen LogP contribution in [0.1, 0.15) is 18.9 Å². The molecule has 2 nitrogen and oxygen atoms in total. The van der Waals surface area contributed by atoms with Crippen LogP contribution in [0.15, 0.2) is 30.3 Å². The van der Waals surface area contributed by atoms with Crippen LogP contribution >= 0.6 is 0 Å². The molecule has 2 aromatic rings. The van der Waals surface area contributed by atoms with Crippen LogP contribution in [0.5, 0.6) is 0 Å². The van der Waals surface area contributed by atoms with Gasteiger partial charge in [0.25, 0.3) is 0 Å². The minimum absolute atomic E-state index is 0.547. The Morgan fingerprint density at radius 1 is 1.33 bits per heavy atom. The number of fused-ring (bicyclic) bond motifs is 2. The van der Waals surface area contributed by atoms with Gasteiger partial charge in [-0.3, -0.25) is 0 Å². The van der Waals surface area contributed by atoms with Crippen molar-refractivity contribution in [1.29, 1.82) is 0 Å². The Bertz CT molecular complexity index is 505. The summed E-state index contributed by atoms with van der Waals surface area (Å²) < 4.78 is 0. The fourth-order valence-corrected chi connectivity index (χ4v) is 2.15. The highest BCUT2D eigenvalue weighted by Crippen LogP contribution is 2.26. The van der Waals surface area contributed by atoms with Crippen molar-refractivity contribution in [2.75, 3.05) is 5.32 Å². The quantitative estimate of drug-likeness (QED) is 0.704. The molecule has 1 aliphatic heterocycles. The number of para-hydroxylation sites is 1. The third-order valence-corrected chi connectivity index (χ3v) is 3.03. The van der Waals surface area contributed by atoms with E-state index in [-0.39, 0.29) is 0 Å². The Labute approximate surface area is 89.3 Å². The third-order valence-electron chi connectivity index (χ3n) is 3.03. The molecule has 0 saturated heterocycles. The van der Waals surface area contributed by atoms with Crippen LogP contribution in [-0.4, -0.2) is 11.0 Å². The smallest absolute Gasteiger partial charge is 0.130 e. The fraction of sp³-hybridized carbons (Fsp3) is 0.308. The summed E-state index contributed by atoms with van der Waals surface area (Å²) in [5, 5.41) is 4.68. The average Bonchev–Trinajstić information content (AvgIpc) is 2.26. The highest BCUT2D eigenvalue weighted by Gasteiger charge is 2.15. The van der Waals surface area contributed by atoms with Crippen LogP contribution < -0.4 is 5.32 Å². The maximum absolute atomic E-state index is 4.66. The van der Waals surface area contributed by atoms with Gasteiger partial charge in [0.15, 0.2) is 0 Å². The molecule has 0 saturated carbocycles. The Balaban J connectivity index is 2.20. The number of aryl methyl sites for hydroxylation is 1. The minimum atomic E-state index is 0.547. The monoisotopic (exact) mass is 198 g/mol. The van der Waals surface area contributed by atoms with Crippen molar-refractivity contribution in [2.24, 2.45) is 0 Å². The zero-order chi connectivity index (χ0) is 10.3. The highest BCUT2D eigenvalue weighted by molar-refractivity contribution is 5.81. The van der Waals surface area contributed by atoms with Gasteiger partial charge in [-0.2, -0.15) is 0 Å². The van der Waals surface area contributed by atoms with Crippen molar-refractivity contribution in [3.05, 3.63) is 35.9 Å². The molecule has 2 heteroatoms. The van der Waals surface area contributed by atoms with Gasteiger partial charge >= 0.3 is 0 Å². The van der Waals surface area contributed by atoms with Crippen LogP contribution in [0, 0.1) is 0 Å². The van der Waals surface area contributed by atoms with Gasteiger partial charge < -0.3 is 5.32 Å². The minimum Gasteiger partial charge on any atom is -0.367 e. The lowest BCUT2D eigenvalue weighted by Crippen LogP contribution is -2.22. The van der Waals surface area contributed by atoms with E-state index in [4.69, 9.17) is 0 Å². The Hall–Kier alpha value is -1.57. The van der Waals surface area contributed by atoms with E-state index >= 15 is 0 Å². The first-order valence-electron chi connectivity index (χ1n) is 5.48. The normalized spacial score (nSPS) is 19.7. The summed E-state index contributed by atoms with van der Waals surface area (Å²) in [4.78, 5) is 4.66. The van der Waals surface area contributed by atoms with E-state index in [0.717, 1.165) is 17.8 Å². The number of hydrogen-bond donors (Lipinski definition) is 1. The lowest BCUT2D eigenvalue weighted by atomic mass is 10.0. The van der Waals surface area contributed by atoms with E-state index in [0.29, 0.717) is 6.04 Å². The molecule has 0 aliphatic carbocycles. The standard InChI is InChI=1S/C13H14N2/c1-9-6-7-11-8-10-4-2-3-5-12(10)15-13(11)14-9/h2-5,8-9H,6-7H2,1H3,(H,14,15)/t9-/m0/s1. The molecule has 1 aromatic carbocycles. The first kappa shape index (κ1) is 8.72. The molecular weight excluding hydrogens is 184 g/mol. The molecule has 15 heavy (non-hydrogen) atoms. The molecule has 0 unspecified atom stereocenters. The zero-order valence-electron chi connectivity index (χ0n) is 8.83. The van der Waals surface area contributed by atoms with Crippen molar-refractivity contribution >= 4 is 16.7 Å². The van der Waals surface area contributed by atoms with Gasteiger partial charge in [0.05, 0.1) is 5.52 Å². The molecular formula is C13H14N2. The lowest BCUT2D eigenvalue weighted by Gasteiger charge is -2.23. The Morgan fingerprint density at radius 3 is 3.13 bits per heavy atom. The topological polar surface area (TPSA) is 24.9 Å². The van der Waals surface area contributed by atoms with Crippen LogP contribution in [0.4, 0.5) is 5.82 Å². The second-order valence-electron chi connectivity index (χ2n) is 4.27. The maximum Gasteiger partial charge on any atom is 0.130 e. The number of nitrogens with one attached hydrogen (secondary N) is 1. The summed E-state index contributed by atoms with van der Waals surface area (Å²) in [6.07, 6.45) is 2.34. The molecule has 1 aliphatic rings. The number of pyridine rings is 1. The molecule has 1 atom stereocenters. The molecule has 0 radical (unpaired) electrons. The van der Waals surface area contributed by atoms with Crippen molar-refractivity contribution in [3.63, 3.8) is 0 Å². The number of aromatic nitrogens is 1. The first-order valence-corrected chi connectivity index (χ1v) is 5.48. The molecule has 0 amide bonds. The number of benzene rings is 1. The Morgan fingerprint density at radius 2 is 2.20 bits per heavy atom. The fourth-order valence-electron chi connectivity index (χ4n) is 2.15. The van der Waals surface area contributed by atoms with Gasteiger partial charge in [-0.15, -0.1) is 0 Å². The predicted octanol–water partition coefficient (Wildman–Crippen LogP) is 2.98. The van der Waals surface area contributed by atoms with Gasteiger partial charge in [0, 0.05) is 11.4 Å². The summed E-state index contributed by atoms with van der Waals surface area (Å²) in [5.74, 6) is 1.08. The summed E-state index contributed by atoms with van der Waals surface area (Å²) in [7, 11) is 0. The molecule has 0 spiro atoms. The van der Waals surface area contributed by atoms with E-state index in [9.17, 15) is 0 Å². The molecule has 76 valence electrons. The second-order valence-corrected chi connectivity index (χ2v) is 4.27. The SMILES string of the molecule is C[C@H]1CCc2cc3ccccc3nc2N1. The van der Waals surface area contributed by atoms with Gasteiger partial charge in [-0.05, 0) is 37.5 Å². The molecule has 2 heterocycles. The summed E-state index contributed by atoms with van der Waals surface area (Å²) >= 11 is 0. The summed E-state index contributed by atoms with van der Waals surface area (Å²) in [6, 6.07) is 11.1. The van der Waals surface area contributed by atoms with Gasteiger partial charge in [-0.25, -0.2) is 4.98 Å². The summed E-state index contributed by atoms with van der Waals surface area (Å²) in [5.41, 5.74) is 2.43. The molecule has 1 N–H and O–H groups in total. The third kappa shape index (κ3) is 1.46. The molecule has 0 bridgehead atoms. The van der Waals surface area contributed by atoms with Crippen LogP contribution in [0.3, 0.4) is 0 Å². The van der Waals surface area contributed by atoms with E-state index in [1.54, 1.807) is 0 Å². The number of rotatable bonds is 0. The lowest BCUT2D eigenvalue weighted by molar-refractivity contribution is 0.675. The molecule has 3 rings (SSSR count). The second kappa shape index (κ2) is 3.23. The van der Waals surface area contributed by atoms with Crippen LogP contribution in [0.2, 0.25) is 0 Å².